The van der Waals surface area contributed by atoms with Gasteiger partial charge in [-0.15, -0.1) is 0 Å². The Morgan fingerprint density at radius 2 is 1.52 bits per heavy atom. The molecule has 0 unspecified atom stereocenters. The van der Waals surface area contributed by atoms with Gasteiger partial charge in [0.05, 0.1) is 10.7 Å². The average Bonchev–Trinajstić information content (AvgIpc) is 2.92. The zero-order valence-electron chi connectivity index (χ0n) is 16.0. The molecule has 0 saturated heterocycles. The minimum Gasteiger partial charge on any atom is -1.00 e. The van der Waals surface area contributed by atoms with E-state index < -0.39 is 0 Å². The molecule has 0 amide bonds. The first-order valence-electron chi connectivity index (χ1n) is 8.85. The smallest absolute Gasteiger partial charge is 0.211 e. The van der Waals surface area contributed by atoms with Gasteiger partial charge in [-0.05, 0) is 30.7 Å². The van der Waals surface area contributed by atoms with Crippen LogP contribution in [0.1, 0.15) is 22.5 Å². The Hall–Kier alpha value is -1.79. The fourth-order valence-electron chi connectivity index (χ4n) is 3.51. The molecule has 27 heavy (non-hydrogen) atoms. The van der Waals surface area contributed by atoms with E-state index in [0.717, 1.165) is 0 Å². The third kappa shape index (κ3) is 3.92. The molecule has 0 radical (unpaired) electrons. The Balaban J connectivity index is 0.00000210. The molecule has 4 heteroatoms. The molecule has 2 heterocycles. The molecular formula is C23H23IN2S. The van der Waals surface area contributed by atoms with E-state index in [2.05, 4.69) is 104 Å². The molecule has 1 aromatic heterocycles. The van der Waals surface area contributed by atoms with Crippen LogP contribution >= 0.6 is 11.8 Å². The minimum atomic E-state index is 0. The van der Waals surface area contributed by atoms with E-state index in [0.29, 0.717) is 0 Å². The van der Waals surface area contributed by atoms with E-state index in [1.54, 1.807) is 0 Å². The van der Waals surface area contributed by atoms with Gasteiger partial charge in [0.2, 0.25) is 5.69 Å². The van der Waals surface area contributed by atoms with E-state index in [-0.39, 0.29) is 24.0 Å². The predicted molar refractivity (Wildman–Crippen MR) is 111 cm³/mol. The molecule has 1 aliphatic heterocycles. The van der Waals surface area contributed by atoms with E-state index in [9.17, 15) is 0 Å². The summed E-state index contributed by atoms with van der Waals surface area (Å²) < 4.78 is 2.31. The maximum Gasteiger partial charge on any atom is 0.211 e. The minimum absolute atomic E-state index is 0. The van der Waals surface area contributed by atoms with Crippen molar-refractivity contribution in [3.63, 3.8) is 0 Å². The van der Waals surface area contributed by atoms with Crippen molar-refractivity contribution in [1.29, 1.82) is 0 Å². The lowest BCUT2D eigenvalue weighted by atomic mass is 10.1. The summed E-state index contributed by atoms with van der Waals surface area (Å²) in [6, 6.07) is 21.8. The zero-order valence-corrected chi connectivity index (χ0v) is 19.0. The van der Waals surface area contributed by atoms with Gasteiger partial charge in [-0.3, -0.25) is 0 Å². The van der Waals surface area contributed by atoms with Gasteiger partial charge in [-0.1, -0.05) is 41.6 Å². The first-order chi connectivity index (χ1) is 12.5. The maximum absolute atomic E-state index is 2.31. The number of anilines is 1. The lowest BCUT2D eigenvalue weighted by Crippen LogP contribution is -3.00. The summed E-state index contributed by atoms with van der Waals surface area (Å²) in [7, 11) is 2.14. The molecule has 2 nitrogen and oxygen atoms in total. The van der Waals surface area contributed by atoms with Gasteiger partial charge in [0.1, 0.15) is 0 Å². The van der Waals surface area contributed by atoms with Crippen LogP contribution in [0.3, 0.4) is 0 Å². The fraction of sp³-hybridized carbons (Fsp3) is 0.174. The lowest BCUT2D eigenvalue weighted by Gasteiger charge is -2.13. The molecule has 0 fully saturated rings. The van der Waals surface area contributed by atoms with Crippen molar-refractivity contribution in [2.45, 2.75) is 25.7 Å². The summed E-state index contributed by atoms with van der Waals surface area (Å²) in [5.41, 5.74) is 7.50. The number of aromatic nitrogens is 1. The zero-order chi connectivity index (χ0) is 18.3. The number of rotatable bonds is 2. The van der Waals surface area contributed by atoms with Gasteiger partial charge in [-0.2, -0.15) is 4.57 Å². The van der Waals surface area contributed by atoms with Crippen LogP contribution in [0.5, 0.6) is 0 Å². The van der Waals surface area contributed by atoms with E-state index in [1.165, 1.54) is 43.8 Å². The van der Waals surface area contributed by atoms with Gasteiger partial charge in [0.15, 0.2) is 11.4 Å². The Labute approximate surface area is 182 Å². The van der Waals surface area contributed by atoms with Gasteiger partial charge in [0.25, 0.3) is 0 Å². The van der Waals surface area contributed by atoms with Crippen LogP contribution in [0.25, 0.3) is 11.8 Å². The summed E-state index contributed by atoms with van der Waals surface area (Å²) in [5, 5.41) is 1.26. The van der Waals surface area contributed by atoms with Crippen LogP contribution in [-0.2, 0) is 0 Å². The number of fused-ring (bicyclic) bond motifs is 1. The predicted octanol–water partition coefficient (Wildman–Crippen LogP) is 2.43. The van der Waals surface area contributed by atoms with Crippen LogP contribution in [0.4, 0.5) is 5.69 Å². The van der Waals surface area contributed by atoms with Crippen molar-refractivity contribution in [2.75, 3.05) is 11.9 Å². The highest BCUT2D eigenvalue weighted by Crippen LogP contribution is 2.45. The number of halogens is 1. The molecule has 2 aromatic carbocycles. The summed E-state index contributed by atoms with van der Waals surface area (Å²) in [5.74, 6) is 0. The topological polar surface area (TPSA) is 7.12 Å². The molecular weight excluding hydrogens is 463 g/mol. The van der Waals surface area contributed by atoms with Gasteiger partial charge >= 0.3 is 0 Å². The number of hydrogen-bond acceptors (Lipinski definition) is 2. The summed E-state index contributed by atoms with van der Waals surface area (Å²) in [4.78, 5) is 3.59. The van der Waals surface area contributed by atoms with Crippen molar-refractivity contribution in [3.05, 3.63) is 88.2 Å². The van der Waals surface area contributed by atoms with Crippen LogP contribution in [0, 0.1) is 20.8 Å². The molecule has 0 N–H and O–H groups in total. The van der Waals surface area contributed by atoms with Crippen molar-refractivity contribution < 1.29 is 28.5 Å². The summed E-state index contributed by atoms with van der Waals surface area (Å²) in [6.07, 6.45) is 2.28. The highest BCUT2D eigenvalue weighted by atomic mass is 127. The van der Waals surface area contributed by atoms with Crippen molar-refractivity contribution in [1.82, 2.24) is 0 Å². The Morgan fingerprint density at radius 1 is 0.889 bits per heavy atom. The van der Waals surface area contributed by atoms with Crippen molar-refractivity contribution in [2.24, 2.45) is 0 Å². The molecule has 4 rings (SSSR count). The Bertz CT molecular complexity index is 986. The van der Waals surface area contributed by atoms with Crippen LogP contribution < -0.4 is 33.4 Å². The first-order valence-corrected chi connectivity index (χ1v) is 9.67. The third-order valence-corrected chi connectivity index (χ3v) is 5.98. The second-order valence-corrected chi connectivity index (χ2v) is 7.92. The number of hydrogen-bond donors (Lipinski definition) is 0. The molecule has 0 aliphatic carbocycles. The molecule has 0 saturated carbocycles. The van der Waals surface area contributed by atoms with Crippen molar-refractivity contribution in [3.8, 4) is 5.69 Å². The molecule has 0 atom stereocenters. The number of thioether (sulfide) groups is 1. The number of aryl methyl sites for hydroxylation is 3. The fourth-order valence-corrected chi connectivity index (χ4v) is 4.62. The van der Waals surface area contributed by atoms with Crippen LogP contribution in [-0.4, -0.2) is 7.05 Å². The second-order valence-electron chi connectivity index (χ2n) is 6.85. The number of pyridine rings is 1. The monoisotopic (exact) mass is 486 g/mol. The largest absolute Gasteiger partial charge is 1.00 e. The number of benzene rings is 2. The molecule has 138 valence electrons. The van der Waals surface area contributed by atoms with Crippen molar-refractivity contribution >= 4 is 23.5 Å². The standard InChI is InChI=1S/C23H23N2S.HI/c1-16-9-11-20(12-10-16)25-17(2)13-19(14-18(25)3)15-23-24(4)21-7-5-6-8-22(21)26-23;/h5-15H,1-4H3;1H/q+1;/p-1. The highest BCUT2D eigenvalue weighted by molar-refractivity contribution is 8.03. The van der Waals surface area contributed by atoms with Gasteiger partial charge in [-0.25, -0.2) is 0 Å². The Kier molecular flexibility index (Phi) is 5.96. The average molecular weight is 486 g/mol. The quantitative estimate of drug-likeness (QED) is 0.406. The number of para-hydroxylation sites is 1. The van der Waals surface area contributed by atoms with E-state index in [1.807, 2.05) is 11.8 Å². The van der Waals surface area contributed by atoms with Crippen LogP contribution in [0.2, 0.25) is 0 Å². The van der Waals surface area contributed by atoms with E-state index in [4.69, 9.17) is 0 Å². The van der Waals surface area contributed by atoms with Crippen LogP contribution in [0.15, 0.2) is 70.6 Å². The normalized spacial score (nSPS) is 14.2. The summed E-state index contributed by atoms with van der Waals surface area (Å²) in [6.45, 7) is 6.47. The second kappa shape index (κ2) is 8.07. The highest BCUT2D eigenvalue weighted by Gasteiger charge is 2.22. The summed E-state index contributed by atoms with van der Waals surface area (Å²) >= 11 is 1.83. The lowest BCUT2D eigenvalue weighted by molar-refractivity contribution is -0.609. The maximum atomic E-state index is 2.31. The van der Waals surface area contributed by atoms with Gasteiger partial charge < -0.3 is 28.9 Å². The first kappa shape index (κ1) is 20.0. The Morgan fingerprint density at radius 3 is 2.15 bits per heavy atom. The molecule has 3 aromatic rings. The SMILES string of the molecule is Cc1ccc(-[n+]2c(C)cc(/C=C3/Sc4ccccc4N3C)cc2C)cc1.[I-]. The van der Waals surface area contributed by atoms with Gasteiger partial charge in [0, 0.05) is 50.1 Å². The third-order valence-electron chi connectivity index (χ3n) is 4.81. The van der Waals surface area contributed by atoms with E-state index >= 15 is 0 Å². The molecule has 0 spiro atoms. The number of nitrogens with zero attached hydrogens (tertiary/aromatic N) is 2. The molecule has 0 bridgehead atoms. The molecule has 1 aliphatic rings.